The first-order chi connectivity index (χ1) is 15.9. The maximum absolute atomic E-state index is 14.6. The maximum Gasteiger partial charge on any atom is 0.252 e. The number of rotatable bonds is 13. The highest BCUT2D eigenvalue weighted by Gasteiger charge is 2.20. The molecule has 0 spiro atoms. The quantitative estimate of drug-likeness (QED) is 0.140. The number of halogens is 1. The number of unbranched alkanes of at least 4 members (excludes halogenated alkanes) is 2. The molecule has 0 radical (unpaired) electrons. The number of nitrogens with one attached hydrogen (secondary N) is 2. The Balaban J connectivity index is 1.99. The molecule has 0 aromatic heterocycles. The van der Waals surface area contributed by atoms with Crippen LogP contribution in [0.5, 0.6) is 5.75 Å². The predicted octanol–water partition coefficient (Wildman–Crippen LogP) is 3.35. The standard InChI is InChI=1S/C24H30FN3O5/c1-3-4-5-8-19(14-28(32)16-29)24(31)27-15-26-23(30)18-10-6-9-17(13-18)20-11-7-12-21(33-2)22(20)25/h6-7,9-13,16,19,32H,3-5,8,14-15H2,1-2H3,(H,26,30)(H,27,31). The van der Waals surface area contributed by atoms with Gasteiger partial charge in [0, 0.05) is 11.1 Å². The molecule has 33 heavy (non-hydrogen) atoms. The van der Waals surface area contributed by atoms with Gasteiger partial charge in [0.15, 0.2) is 11.6 Å². The van der Waals surface area contributed by atoms with Crippen molar-refractivity contribution in [3.05, 3.63) is 53.8 Å². The van der Waals surface area contributed by atoms with Gasteiger partial charge in [-0.2, -0.15) is 0 Å². The summed E-state index contributed by atoms with van der Waals surface area (Å²) in [7, 11) is 1.38. The van der Waals surface area contributed by atoms with Crippen LogP contribution in [0.2, 0.25) is 0 Å². The van der Waals surface area contributed by atoms with Crippen molar-refractivity contribution in [2.24, 2.45) is 5.92 Å². The molecule has 8 nitrogen and oxygen atoms in total. The van der Waals surface area contributed by atoms with E-state index in [1.54, 1.807) is 36.4 Å². The van der Waals surface area contributed by atoms with Gasteiger partial charge < -0.3 is 15.4 Å². The zero-order valence-corrected chi connectivity index (χ0v) is 18.8. The summed E-state index contributed by atoms with van der Waals surface area (Å²) in [6.45, 7) is 1.78. The molecule has 0 heterocycles. The molecule has 3 N–H and O–H groups in total. The monoisotopic (exact) mass is 459 g/mol. The number of hydroxylamine groups is 2. The number of carbonyl (C=O) groups is 3. The van der Waals surface area contributed by atoms with Crippen molar-refractivity contribution in [2.75, 3.05) is 20.3 Å². The molecule has 2 aromatic rings. The number of hydrogen-bond donors (Lipinski definition) is 3. The Kier molecular flexibility index (Phi) is 10.3. The number of hydrogen-bond acceptors (Lipinski definition) is 5. The summed E-state index contributed by atoms with van der Waals surface area (Å²) < 4.78 is 19.6. The van der Waals surface area contributed by atoms with E-state index in [0.29, 0.717) is 28.2 Å². The number of ether oxygens (including phenoxy) is 1. The molecular formula is C24H30FN3O5. The van der Waals surface area contributed by atoms with E-state index in [0.717, 1.165) is 19.3 Å². The fourth-order valence-corrected chi connectivity index (χ4v) is 3.39. The van der Waals surface area contributed by atoms with Gasteiger partial charge in [-0.1, -0.05) is 50.5 Å². The van der Waals surface area contributed by atoms with Gasteiger partial charge in [-0.05, 0) is 30.2 Å². The molecule has 0 aliphatic rings. The van der Waals surface area contributed by atoms with Gasteiger partial charge in [0.05, 0.1) is 26.2 Å². The minimum absolute atomic E-state index is 0.106. The average molecular weight is 460 g/mol. The largest absolute Gasteiger partial charge is 0.494 e. The highest BCUT2D eigenvalue weighted by molar-refractivity contribution is 5.95. The summed E-state index contributed by atoms with van der Waals surface area (Å²) >= 11 is 0. The first kappa shape index (κ1) is 25.8. The molecule has 0 aliphatic heterocycles. The number of amides is 3. The average Bonchev–Trinajstić information content (AvgIpc) is 2.83. The van der Waals surface area contributed by atoms with E-state index in [-0.39, 0.29) is 31.3 Å². The molecule has 2 rings (SSSR count). The minimum atomic E-state index is -0.594. The fraction of sp³-hybridized carbons (Fsp3) is 0.375. The highest BCUT2D eigenvalue weighted by Crippen LogP contribution is 2.29. The highest BCUT2D eigenvalue weighted by atomic mass is 19.1. The van der Waals surface area contributed by atoms with E-state index in [4.69, 9.17) is 4.74 Å². The molecule has 9 heteroatoms. The van der Waals surface area contributed by atoms with Crippen molar-refractivity contribution in [3.8, 4) is 16.9 Å². The predicted molar refractivity (Wildman–Crippen MR) is 121 cm³/mol. The number of methoxy groups -OCH3 is 1. The van der Waals surface area contributed by atoms with E-state index in [1.165, 1.54) is 13.2 Å². The Morgan fingerprint density at radius 1 is 1.18 bits per heavy atom. The lowest BCUT2D eigenvalue weighted by Gasteiger charge is -2.19. The second-order valence-corrected chi connectivity index (χ2v) is 7.55. The summed E-state index contributed by atoms with van der Waals surface area (Å²) in [4.78, 5) is 35.7. The second kappa shape index (κ2) is 13.2. The molecule has 0 saturated carbocycles. The molecule has 0 aliphatic carbocycles. The van der Waals surface area contributed by atoms with Crippen LogP contribution in [-0.4, -0.2) is 48.8 Å². The van der Waals surface area contributed by atoms with Gasteiger partial charge in [-0.25, -0.2) is 9.45 Å². The Morgan fingerprint density at radius 2 is 1.94 bits per heavy atom. The van der Waals surface area contributed by atoms with Crippen molar-refractivity contribution < 1.29 is 28.7 Å². The molecule has 178 valence electrons. The van der Waals surface area contributed by atoms with E-state index >= 15 is 0 Å². The zero-order chi connectivity index (χ0) is 24.2. The van der Waals surface area contributed by atoms with Crippen molar-refractivity contribution in [2.45, 2.75) is 32.6 Å². The van der Waals surface area contributed by atoms with E-state index in [1.807, 2.05) is 6.92 Å². The van der Waals surface area contributed by atoms with E-state index in [2.05, 4.69) is 10.6 Å². The van der Waals surface area contributed by atoms with Crippen molar-refractivity contribution in [3.63, 3.8) is 0 Å². The lowest BCUT2D eigenvalue weighted by atomic mass is 10.00. The van der Waals surface area contributed by atoms with Crippen LogP contribution >= 0.6 is 0 Å². The number of carbonyl (C=O) groups excluding carboxylic acids is 3. The van der Waals surface area contributed by atoms with Crippen molar-refractivity contribution in [1.82, 2.24) is 15.7 Å². The third kappa shape index (κ3) is 7.57. The van der Waals surface area contributed by atoms with Crippen LogP contribution < -0.4 is 15.4 Å². The smallest absolute Gasteiger partial charge is 0.252 e. The van der Waals surface area contributed by atoms with Crippen LogP contribution in [0.15, 0.2) is 42.5 Å². The lowest BCUT2D eigenvalue weighted by molar-refractivity contribution is -0.154. The van der Waals surface area contributed by atoms with Gasteiger partial charge in [-0.15, -0.1) is 0 Å². The molecule has 1 atom stereocenters. The molecule has 3 amide bonds. The van der Waals surface area contributed by atoms with Crippen LogP contribution in [-0.2, 0) is 9.59 Å². The van der Waals surface area contributed by atoms with Gasteiger partial charge >= 0.3 is 0 Å². The maximum atomic E-state index is 14.6. The van der Waals surface area contributed by atoms with Crippen LogP contribution in [0.1, 0.15) is 43.0 Å². The summed E-state index contributed by atoms with van der Waals surface area (Å²) in [6.07, 6.45) is 3.44. The molecule has 0 bridgehead atoms. The van der Waals surface area contributed by atoms with Gasteiger partial charge in [-0.3, -0.25) is 19.6 Å². The van der Waals surface area contributed by atoms with Crippen molar-refractivity contribution in [1.29, 1.82) is 0 Å². The number of benzene rings is 2. The first-order valence-corrected chi connectivity index (χ1v) is 10.8. The fourth-order valence-electron chi connectivity index (χ4n) is 3.39. The molecule has 1 unspecified atom stereocenters. The van der Waals surface area contributed by atoms with Crippen LogP contribution in [0, 0.1) is 11.7 Å². The molecular weight excluding hydrogens is 429 g/mol. The third-order valence-corrected chi connectivity index (χ3v) is 5.19. The third-order valence-electron chi connectivity index (χ3n) is 5.19. The zero-order valence-electron chi connectivity index (χ0n) is 18.8. The summed E-state index contributed by atoms with van der Waals surface area (Å²) in [5.41, 5.74) is 1.11. The minimum Gasteiger partial charge on any atom is -0.494 e. The Hall–Kier alpha value is -3.46. The van der Waals surface area contributed by atoms with E-state index < -0.39 is 17.6 Å². The summed E-state index contributed by atoms with van der Waals surface area (Å²) in [6, 6.07) is 11.2. The normalized spacial score (nSPS) is 11.4. The summed E-state index contributed by atoms with van der Waals surface area (Å²) in [5, 5.41) is 15.1. The Labute approximate surface area is 192 Å². The van der Waals surface area contributed by atoms with Gasteiger partial charge in [0.1, 0.15) is 0 Å². The molecule has 0 saturated heterocycles. The van der Waals surface area contributed by atoms with Gasteiger partial charge in [0.25, 0.3) is 5.91 Å². The number of nitrogens with zero attached hydrogens (tertiary/aromatic N) is 1. The van der Waals surface area contributed by atoms with Gasteiger partial charge in [0.2, 0.25) is 12.3 Å². The molecule has 0 fully saturated rings. The van der Waals surface area contributed by atoms with Crippen LogP contribution in [0.3, 0.4) is 0 Å². The van der Waals surface area contributed by atoms with Crippen molar-refractivity contribution >= 4 is 18.2 Å². The van der Waals surface area contributed by atoms with Crippen LogP contribution in [0.25, 0.3) is 11.1 Å². The molecule has 2 aromatic carbocycles. The first-order valence-electron chi connectivity index (χ1n) is 10.8. The Morgan fingerprint density at radius 3 is 2.64 bits per heavy atom. The Bertz CT molecular complexity index is 953. The van der Waals surface area contributed by atoms with Crippen LogP contribution in [0.4, 0.5) is 4.39 Å². The SMILES string of the molecule is CCCCCC(CN(O)C=O)C(=O)NCNC(=O)c1cccc(-c2cccc(OC)c2F)c1. The summed E-state index contributed by atoms with van der Waals surface area (Å²) in [5.74, 6) is -1.83. The van der Waals surface area contributed by atoms with E-state index in [9.17, 15) is 24.0 Å². The second-order valence-electron chi connectivity index (χ2n) is 7.55. The topological polar surface area (TPSA) is 108 Å². The lowest BCUT2D eigenvalue weighted by Crippen LogP contribution is -2.43.